The summed E-state index contributed by atoms with van der Waals surface area (Å²) in [7, 11) is 0. The van der Waals surface area contributed by atoms with Crippen LogP contribution in [0.4, 0.5) is 4.79 Å². The average molecular weight is 247 g/mol. The molecular formula is C7H13N5O3S. The maximum Gasteiger partial charge on any atom is 0.312 e. The fourth-order valence-electron chi connectivity index (χ4n) is 0.690. The summed E-state index contributed by atoms with van der Waals surface area (Å²) in [6, 6.07) is -0.702. The van der Waals surface area contributed by atoms with Crippen molar-refractivity contribution in [3.05, 3.63) is 0 Å². The van der Waals surface area contributed by atoms with Gasteiger partial charge in [0.25, 0.3) is 0 Å². The van der Waals surface area contributed by atoms with Gasteiger partial charge < -0.3 is 27.4 Å². The highest BCUT2D eigenvalue weighted by Crippen LogP contribution is 1.70. The molecule has 0 aliphatic rings. The summed E-state index contributed by atoms with van der Waals surface area (Å²) in [4.78, 5) is 32.4. The van der Waals surface area contributed by atoms with E-state index in [0.29, 0.717) is 0 Å². The Balaban J connectivity index is 3.67. The van der Waals surface area contributed by atoms with Crippen LogP contribution in [0.3, 0.4) is 0 Å². The number of nitrogens with one attached hydrogen (secondary N) is 3. The van der Waals surface area contributed by atoms with Gasteiger partial charge in [-0.2, -0.15) is 0 Å². The van der Waals surface area contributed by atoms with Crippen molar-refractivity contribution in [2.45, 2.75) is 0 Å². The van der Waals surface area contributed by atoms with E-state index >= 15 is 0 Å². The molecule has 0 heterocycles. The van der Waals surface area contributed by atoms with Crippen molar-refractivity contribution < 1.29 is 14.4 Å². The number of carbonyl (C=O) groups is 3. The van der Waals surface area contributed by atoms with E-state index in [4.69, 9.17) is 11.5 Å². The van der Waals surface area contributed by atoms with E-state index in [2.05, 4.69) is 28.2 Å². The maximum atomic E-state index is 11.0. The second-order valence-electron chi connectivity index (χ2n) is 2.70. The fraction of sp³-hybridized carbons (Fsp3) is 0.429. The van der Waals surface area contributed by atoms with E-state index in [9.17, 15) is 14.4 Å². The standard InChI is InChI=1S/C7H13N5O3S/c8-4(16)3-12-6(14)5(13)10-1-2-11-7(9)15/h1-3H2,(H2,8,16)(H,10,13)(H,12,14)(H3,9,11,15). The predicted octanol–water partition coefficient (Wildman–Crippen LogP) is -2.83. The molecule has 0 aromatic carbocycles. The molecule has 9 heteroatoms. The first-order chi connectivity index (χ1) is 7.43. The molecule has 0 aliphatic carbocycles. The lowest BCUT2D eigenvalue weighted by Gasteiger charge is -2.05. The van der Waals surface area contributed by atoms with Gasteiger partial charge in [-0.15, -0.1) is 0 Å². The van der Waals surface area contributed by atoms with Gasteiger partial charge in [0, 0.05) is 13.1 Å². The Morgan fingerprint density at radius 1 is 0.938 bits per heavy atom. The number of amides is 4. The van der Waals surface area contributed by atoms with Gasteiger partial charge in [0.1, 0.15) is 0 Å². The first kappa shape index (κ1) is 14.1. The van der Waals surface area contributed by atoms with Gasteiger partial charge in [-0.25, -0.2) is 4.79 Å². The Morgan fingerprint density at radius 3 is 1.94 bits per heavy atom. The van der Waals surface area contributed by atoms with Crippen molar-refractivity contribution in [2.75, 3.05) is 19.6 Å². The lowest BCUT2D eigenvalue weighted by atomic mass is 10.5. The third kappa shape index (κ3) is 7.50. The summed E-state index contributed by atoms with van der Waals surface area (Å²) in [6.45, 7) is 0.201. The lowest BCUT2D eigenvalue weighted by Crippen LogP contribution is -2.45. The number of primary amides is 1. The minimum absolute atomic E-state index is 0.0406. The number of rotatable bonds is 5. The summed E-state index contributed by atoms with van der Waals surface area (Å²) < 4.78 is 0. The van der Waals surface area contributed by atoms with E-state index in [0.717, 1.165) is 0 Å². The molecule has 16 heavy (non-hydrogen) atoms. The molecule has 0 spiro atoms. The molecule has 0 bridgehead atoms. The number of hydrogen-bond acceptors (Lipinski definition) is 4. The van der Waals surface area contributed by atoms with Crippen LogP contribution in [0, 0.1) is 0 Å². The quantitative estimate of drug-likeness (QED) is 0.202. The SMILES string of the molecule is NC(=O)NCCNC(=O)C(=O)NCC(N)=S. The largest absolute Gasteiger partial charge is 0.392 e. The Kier molecular flexibility index (Phi) is 6.52. The highest BCUT2D eigenvalue weighted by Gasteiger charge is 2.11. The van der Waals surface area contributed by atoms with E-state index in [1.807, 2.05) is 0 Å². The normalized spacial score (nSPS) is 9.00. The molecule has 0 aromatic rings. The number of hydrogen-bond donors (Lipinski definition) is 5. The van der Waals surface area contributed by atoms with Crippen molar-refractivity contribution in [3.8, 4) is 0 Å². The molecule has 8 nitrogen and oxygen atoms in total. The summed E-state index contributed by atoms with van der Waals surface area (Å²) in [5.41, 5.74) is 9.90. The lowest BCUT2D eigenvalue weighted by molar-refractivity contribution is -0.138. The zero-order valence-corrected chi connectivity index (χ0v) is 9.23. The van der Waals surface area contributed by atoms with Crippen molar-refractivity contribution in [1.82, 2.24) is 16.0 Å². The molecule has 0 aromatic heterocycles. The Labute approximate surface area is 97.1 Å². The van der Waals surface area contributed by atoms with Crippen LogP contribution >= 0.6 is 12.2 Å². The molecule has 0 radical (unpaired) electrons. The monoisotopic (exact) mass is 247 g/mol. The van der Waals surface area contributed by atoms with Crippen LogP contribution in [0.1, 0.15) is 0 Å². The van der Waals surface area contributed by atoms with Gasteiger partial charge in [-0.05, 0) is 0 Å². The smallest absolute Gasteiger partial charge is 0.312 e. The highest BCUT2D eigenvalue weighted by molar-refractivity contribution is 7.80. The van der Waals surface area contributed by atoms with E-state index in [1.54, 1.807) is 0 Å². The topological polar surface area (TPSA) is 139 Å². The highest BCUT2D eigenvalue weighted by atomic mass is 32.1. The molecule has 0 saturated carbocycles. The van der Waals surface area contributed by atoms with Crippen LogP contribution in [0.2, 0.25) is 0 Å². The molecule has 90 valence electrons. The molecule has 0 saturated heterocycles. The van der Waals surface area contributed by atoms with Crippen molar-refractivity contribution in [1.29, 1.82) is 0 Å². The molecule has 7 N–H and O–H groups in total. The zero-order valence-electron chi connectivity index (χ0n) is 8.41. The third-order valence-electron chi connectivity index (χ3n) is 1.34. The van der Waals surface area contributed by atoms with Crippen LogP contribution in [0.25, 0.3) is 0 Å². The van der Waals surface area contributed by atoms with Gasteiger partial charge in [0.2, 0.25) is 0 Å². The second-order valence-corrected chi connectivity index (χ2v) is 3.22. The summed E-state index contributed by atoms with van der Waals surface area (Å²) in [6.07, 6.45) is 0. The molecule has 4 amide bonds. The maximum absolute atomic E-state index is 11.0. The van der Waals surface area contributed by atoms with E-state index in [1.165, 1.54) is 0 Å². The van der Waals surface area contributed by atoms with Crippen LogP contribution in [-0.4, -0.2) is 42.5 Å². The zero-order chi connectivity index (χ0) is 12.6. The van der Waals surface area contributed by atoms with Crippen molar-refractivity contribution in [3.63, 3.8) is 0 Å². The van der Waals surface area contributed by atoms with Gasteiger partial charge in [-0.3, -0.25) is 9.59 Å². The van der Waals surface area contributed by atoms with Crippen LogP contribution in [0.15, 0.2) is 0 Å². The molecule has 0 unspecified atom stereocenters. The molecule has 0 aliphatic heterocycles. The van der Waals surface area contributed by atoms with Gasteiger partial charge in [0.15, 0.2) is 0 Å². The molecular weight excluding hydrogens is 234 g/mol. The fourth-order valence-corrected chi connectivity index (χ4v) is 0.762. The molecule has 0 fully saturated rings. The number of carbonyl (C=O) groups excluding carboxylic acids is 3. The number of urea groups is 1. The summed E-state index contributed by atoms with van der Waals surface area (Å²) >= 11 is 4.51. The Morgan fingerprint density at radius 2 is 1.44 bits per heavy atom. The minimum Gasteiger partial charge on any atom is -0.392 e. The molecule has 0 atom stereocenters. The Hall–Kier alpha value is -1.90. The second kappa shape index (κ2) is 7.40. The first-order valence-corrected chi connectivity index (χ1v) is 4.72. The summed E-state index contributed by atoms with van der Waals surface area (Å²) in [5.74, 6) is -1.67. The van der Waals surface area contributed by atoms with Gasteiger partial charge >= 0.3 is 17.8 Å². The van der Waals surface area contributed by atoms with Gasteiger partial charge in [-0.1, -0.05) is 12.2 Å². The van der Waals surface area contributed by atoms with E-state index in [-0.39, 0.29) is 24.6 Å². The summed E-state index contributed by atoms with van der Waals surface area (Å²) in [5, 5.41) is 6.70. The first-order valence-electron chi connectivity index (χ1n) is 4.31. The number of nitrogens with two attached hydrogens (primary N) is 2. The molecule has 0 rings (SSSR count). The minimum atomic E-state index is -0.841. The van der Waals surface area contributed by atoms with Crippen LogP contribution < -0.4 is 27.4 Å². The number of thiocarbonyl (C=S) groups is 1. The van der Waals surface area contributed by atoms with Gasteiger partial charge in [0.05, 0.1) is 11.5 Å². The Bertz CT molecular complexity index is 306. The third-order valence-corrected chi connectivity index (χ3v) is 1.48. The predicted molar refractivity (Wildman–Crippen MR) is 60.4 cm³/mol. The van der Waals surface area contributed by atoms with Crippen molar-refractivity contribution in [2.24, 2.45) is 11.5 Å². The van der Waals surface area contributed by atoms with Crippen molar-refractivity contribution >= 4 is 35.1 Å². The van der Waals surface area contributed by atoms with Crippen LogP contribution in [-0.2, 0) is 9.59 Å². The average Bonchev–Trinajstić information content (AvgIpc) is 2.20. The van der Waals surface area contributed by atoms with Crippen LogP contribution in [0.5, 0.6) is 0 Å². The van der Waals surface area contributed by atoms with E-state index < -0.39 is 17.8 Å².